The van der Waals surface area contributed by atoms with Crippen LogP contribution in [-0.4, -0.2) is 25.9 Å². The van der Waals surface area contributed by atoms with Gasteiger partial charge in [-0.25, -0.2) is 0 Å². The van der Waals surface area contributed by atoms with Crippen LogP contribution in [0.3, 0.4) is 0 Å². The number of carbonyl (C=O) groups excluding carboxylic acids is 1. The molecule has 0 aliphatic rings. The Morgan fingerprint density at radius 1 is 1.50 bits per heavy atom. The maximum absolute atomic E-state index is 11.4. The van der Waals surface area contributed by atoms with E-state index in [4.69, 9.17) is 0 Å². The van der Waals surface area contributed by atoms with Gasteiger partial charge in [0, 0.05) is 25.4 Å². The smallest absolute Gasteiger partial charge is 0.249 e. The molecule has 2 aromatic heterocycles. The van der Waals surface area contributed by atoms with E-state index in [0.717, 1.165) is 5.69 Å². The highest BCUT2D eigenvalue weighted by Gasteiger charge is 1.98. The van der Waals surface area contributed by atoms with Crippen molar-refractivity contribution in [2.75, 3.05) is 5.32 Å². The third-order valence-electron chi connectivity index (χ3n) is 2.02. The van der Waals surface area contributed by atoms with Gasteiger partial charge in [-0.1, -0.05) is 0 Å². The van der Waals surface area contributed by atoms with Crippen molar-refractivity contribution >= 4 is 17.8 Å². The monoisotopic (exact) mass is 217 g/mol. The third kappa shape index (κ3) is 2.35. The fraction of sp³-hybridized carbons (Fsp3) is 0.100. The van der Waals surface area contributed by atoms with Crippen LogP contribution in [0.4, 0.5) is 5.82 Å². The SMILES string of the molecule is Cn1nccc1C=CC(=O)Nc1ccn[nH]1. The van der Waals surface area contributed by atoms with E-state index in [9.17, 15) is 4.79 Å². The van der Waals surface area contributed by atoms with Gasteiger partial charge in [-0.15, -0.1) is 0 Å². The Bertz CT molecular complexity index is 497. The molecular formula is C10H11N5O. The van der Waals surface area contributed by atoms with E-state index < -0.39 is 0 Å². The number of hydrogen-bond acceptors (Lipinski definition) is 3. The molecule has 16 heavy (non-hydrogen) atoms. The summed E-state index contributed by atoms with van der Waals surface area (Å²) in [4.78, 5) is 11.4. The van der Waals surface area contributed by atoms with Crippen LogP contribution >= 0.6 is 0 Å². The number of nitrogens with one attached hydrogen (secondary N) is 2. The van der Waals surface area contributed by atoms with Gasteiger partial charge in [-0.05, 0) is 12.1 Å². The van der Waals surface area contributed by atoms with Crippen molar-refractivity contribution in [1.29, 1.82) is 0 Å². The molecule has 82 valence electrons. The average Bonchev–Trinajstić information content (AvgIpc) is 2.87. The summed E-state index contributed by atoms with van der Waals surface area (Å²) in [6.07, 6.45) is 6.38. The van der Waals surface area contributed by atoms with E-state index in [1.165, 1.54) is 6.08 Å². The number of H-pyrrole nitrogens is 1. The zero-order chi connectivity index (χ0) is 11.4. The number of aryl methyl sites for hydroxylation is 1. The molecule has 0 fully saturated rings. The van der Waals surface area contributed by atoms with Crippen molar-refractivity contribution < 1.29 is 4.79 Å². The maximum atomic E-state index is 11.4. The van der Waals surface area contributed by atoms with Crippen molar-refractivity contribution in [3.63, 3.8) is 0 Å². The summed E-state index contributed by atoms with van der Waals surface area (Å²) in [5, 5.41) is 13.0. The maximum Gasteiger partial charge on any atom is 0.249 e. The van der Waals surface area contributed by atoms with Gasteiger partial charge < -0.3 is 5.32 Å². The van der Waals surface area contributed by atoms with Crippen LogP contribution in [0.15, 0.2) is 30.6 Å². The van der Waals surface area contributed by atoms with Crippen LogP contribution in [0.1, 0.15) is 5.69 Å². The molecule has 2 aromatic rings. The van der Waals surface area contributed by atoms with Crippen molar-refractivity contribution in [1.82, 2.24) is 20.0 Å². The van der Waals surface area contributed by atoms with Crippen LogP contribution in [0.2, 0.25) is 0 Å². The predicted molar refractivity (Wildman–Crippen MR) is 59.5 cm³/mol. The Kier molecular flexibility index (Phi) is 2.81. The zero-order valence-electron chi connectivity index (χ0n) is 8.71. The fourth-order valence-corrected chi connectivity index (χ4v) is 1.21. The molecule has 0 saturated carbocycles. The van der Waals surface area contributed by atoms with Crippen LogP contribution < -0.4 is 5.32 Å². The van der Waals surface area contributed by atoms with E-state index in [0.29, 0.717) is 5.82 Å². The molecule has 0 atom stereocenters. The lowest BCUT2D eigenvalue weighted by molar-refractivity contribution is -0.111. The molecule has 0 radical (unpaired) electrons. The number of amides is 1. The number of rotatable bonds is 3. The average molecular weight is 217 g/mol. The molecule has 0 aromatic carbocycles. The lowest BCUT2D eigenvalue weighted by atomic mass is 10.3. The standard InChI is InChI=1S/C10H11N5O/c1-15-8(4-7-12-15)2-3-10(16)13-9-5-6-11-14-9/h2-7H,1H3,(H2,11,13,14,16). The van der Waals surface area contributed by atoms with Crippen molar-refractivity contribution in [3.05, 3.63) is 36.3 Å². The molecule has 2 N–H and O–H groups in total. The molecule has 0 aliphatic heterocycles. The number of anilines is 1. The first-order valence-electron chi connectivity index (χ1n) is 4.72. The lowest BCUT2D eigenvalue weighted by Crippen LogP contribution is -2.08. The van der Waals surface area contributed by atoms with Gasteiger partial charge in [0.15, 0.2) is 0 Å². The first-order valence-corrected chi connectivity index (χ1v) is 4.72. The largest absolute Gasteiger partial charge is 0.307 e. The summed E-state index contributed by atoms with van der Waals surface area (Å²) in [5.41, 5.74) is 0.861. The fourth-order valence-electron chi connectivity index (χ4n) is 1.21. The highest BCUT2D eigenvalue weighted by molar-refractivity contribution is 6.01. The van der Waals surface area contributed by atoms with Crippen LogP contribution in [0, 0.1) is 0 Å². The minimum absolute atomic E-state index is 0.217. The zero-order valence-corrected chi connectivity index (χ0v) is 8.71. The Morgan fingerprint density at radius 2 is 2.38 bits per heavy atom. The number of carbonyl (C=O) groups is 1. The molecule has 0 bridgehead atoms. The Balaban J connectivity index is 1.98. The summed E-state index contributed by atoms with van der Waals surface area (Å²) >= 11 is 0. The van der Waals surface area contributed by atoms with Crippen LogP contribution in [0.5, 0.6) is 0 Å². The van der Waals surface area contributed by atoms with Crippen molar-refractivity contribution in [2.45, 2.75) is 0 Å². The second-order valence-corrected chi connectivity index (χ2v) is 3.17. The minimum Gasteiger partial charge on any atom is -0.307 e. The molecule has 0 saturated heterocycles. The molecule has 0 unspecified atom stereocenters. The van der Waals surface area contributed by atoms with Crippen LogP contribution in [-0.2, 0) is 11.8 Å². The molecule has 0 aliphatic carbocycles. The highest BCUT2D eigenvalue weighted by atomic mass is 16.1. The highest BCUT2D eigenvalue weighted by Crippen LogP contribution is 2.01. The molecule has 2 heterocycles. The quantitative estimate of drug-likeness (QED) is 0.746. The molecule has 2 rings (SSSR count). The van der Waals surface area contributed by atoms with Crippen LogP contribution in [0.25, 0.3) is 6.08 Å². The molecule has 6 nitrogen and oxygen atoms in total. The number of nitrogens with zero attached hydrogens (tertiary/aromatic N) is 3. The van der Waals surface area contributed by atoms with Gasteiger partial charge >= 0.3 is 0 Å². The van der Waals surface area contributed by atoms with E-state index in [2.05, 4.69) is 20.6 Å². The number of hydrogen-bond donors (Lipinski definition) is 2. The number of aromatic nitrogens is 4. The third-order valence-corrected chi connectivity index (χ3v) is 2.02. The van der Waals surface area contributed by atoms with Crippen molar-refractivity contribution in [3.8, 4) is 0 Å². The minimum atomic E-state index is -0.217. The normalized spacial score (nSPS) is 10.8. The summed E-state index contributed by atoms with van der Waals surface area (Å²) < 4.78 is 1.68. The summed E-state index contributed by atoms with van der Waals surface area (Å²) in [6.45, 7) is 0. The molecule has 6 heteroatoms. The van der Waals surface area contributed by atoms with Crippen molar-refractivity contribution in [2.24, 2.45) is 7.05 Å². The Hall–Kier alpha value is -2.37. The number of aromatic amines is 1. The molecule has 0 spiro atoms. The van der Waals surface area contributed by atoms with E-state index in [1.54, 1.807) is 29.2 Å². The predicted octanol–water partition coefficient (Wildman–Crippen LogP) is 0.795. The second kappa shape index (κ2) is 4.43. The summed E-state index contributed by atoms with van der Waals surface area (Å²) in [6, 6.07) is 3.50. The van der Waals surface area contributed by atoms with E-state index >= 15 is 0 Å². The lowest BCUT2D eigenvalue weighted by Gasteiger charge is -1.96. The molecule has 1 amide bonds. The topological polar surface area (TPSA) is 75.6 Å². The first kappa shape index (κ1) is 10.2. The first-order chi connectivity index (χ1) is 7.75. The van der Waals surface area contributed by atoms with E-state index in [1.807, 2.05) is 13.1 Å². The Labute approximate surface area is 92.0 Å². The Morgan fingerprint density at radius 3 is 3.00 bits per heavy atom. The van der Waals surface area contributed by atoms with Gasteiger partial charge in [0.05, 0.1) is 11.9 Å². The summed E-state index contributed by atoms with van der Waals surface area (Å²) in [7, 11) is 1.81. The van der Waals surface area contributed by atoms with Gasteiger partial charge in [-0.3, -0.25) is 14.6 Å². The van der Waals surface area contributed by atoms with E-state index in [-0.39, 0.29) is 5.91 Å². The van der Waals surface area contributed by atoms with Gasteiger partial charge in [0.25, 0.3) is 0 Å². The van der Waals surface area contributed by atoms with Gasteiger partial charge in [-0.2, -0.15) is 10.2 Å². The summed E-state index contributed by atoms with van der Waals surface area (Å²) in [5.74, 6) is 0.352. The second-order valence-electron chi connectivity index (χ2n) is 3.17. The molecular weight excluding hydrogens is 206 g/mol. The van der Waals surface area contributed by atoms with Gasteiger partial charge in [0.2, 0.25) is 5.91 Å². The van der Waals surface area contributed by atoms with Gasteiger partial charge in [0.1, 0.15) is 5.82 Å².